The Morgan fingerprint density at radius 3 is 3.13 bits per heavy atom. The van der Waals surface area contributed by atoms with E-state index in [9.17, 15) is 4.79 Å². The van der Waals surface area contributed by atoms with Crippen LogP contribution in [0.2, 0.25) is 0 Å². The SMILES string of the molecule is COC1CCCN(CCCC(=O)NN)C1. The van der Waals surface area contributed by atoms with Crippen LogP contribution in [0.1, 0.15) is 25.7 Å². The fraction of sp³-hybridized carbons (Fsp3) is 0.900. The lowest BCUT2D eigenvalue weighted by atomic mass is 10.1. The minimum atomic E-state index is -0.0877. The van der Waals surface area contributed by atoms with Gasteiger partial charge in [-0.3, -0.25) is 10.2 Å². The number of hydrazine groups is 1. The highest BCUT2D eigenvalue weighted by atomic mass is 16.5. The maximum atomic E-state index is 10.9. The molecular weight excluding hydrogens is 194 g/mol. The van der Waals surface area contributed by atoms with Crippen molar-refractivity contribution in [3.05, 3.63) is 0 Å². The van der Waals surface area contributed by atoms with Gasteiger partial charge in [0.2, 0.25) is 5.91 Å². The molecule has 1 fully saturated rings. The Morgan fingerprint density at radius 2 is 2.47 bits per heavy atom. The van der Waals surface area contributed by atoms with Crippen LogP contribution in [0.3, 0.4) is 0 Å². The Balaban J connectivity index is 2.12. The summed E-state index contributed by atoms with van der Waals surface area (Å²) in [6.07, 6.45) is 4.06. The molecule has 1 heterocycles. The van der Waals surface area contributed by atoms with Crippen LogP contribution >= 0.6 is 0 Å². The van der Waals surface area contributed by atoms with Gasteiger partial charge in [0.05, 0.1) is 6.10 Å². The van der Waals surface area contributed by atoms with Crippen LogP contribution in [0.5, 0.6) is 0 Å². The van der Waals surface area contributed by atoms with E-state index in [1.807, 2.05) is 0 Å². The molecule has 1 aliphatic rings. The zero-order valence-electron chi connectivity index (χ0n) is 9.37. The van der Waals surface area contributed by atoms with Crippen LogP contribution in [-0.4, -0.2) is 43.7 Å². The number of nitrogens with zero attached hydrogens (tertiary/aromatic N) is 1. The summed E-state index contributed by atoms with van der Waals surface area (Å²) >= 11 is 0. The standard InChI is InChI=1S/C10H21N3O2/c1-15-9-4-2-6-13(8-9)7-3-5-10(14)12-11/h9H,2-8,11H2,1H3,(H,12,14). The molecule has 0 aromatic carbocycles. The molecule has 1 saturated heterocycles. The lowest BCUT2D eigenvalue weighted by Gasteiger charge is -2.31. The second kappa shape index (κ2) is 6.76. The molecular formula is C10H21N3O2. The normalized spacial score (nSPS) is 22.7. The summed E-state index contributed by atoms with van der Waals surface area (Å²) < 4.78 is 5.33. The predicted octanol–water partition coefficient (Wildman–Crippen LogP) is -0.133. The number of hydrogen-bond acceptors (Lipinski definition) is 4. The summed E-state index contributed by atoms with van der Waals surface area (Å²) in [6.45, 7) is 3.05. The number of rotatable bonds is 5. The predicted molar refractivity (Wildman–Crippen MR) is 58.0 cm³/mol. The molecule has 1 unspecified atom stereocenters. The molecule has 1 atom stereocenters. The Bertz CT molecular complexity index is 199. The lowest BCUT2D eigenvalue weighted by Crippen LogP contribution is -2.40. The van der Waals surface area contributed by atoms with Gasteiger partial charge in [0.1, 0.15) is 0 Å². The maximum absolute atomic E-state index is 10.9. The molecule has 88 valence electrons. The van der Waals surface area contributed by atoms with Crippen molar-refractivity contribution < 1.29 is 9.53 Å². The van der Waals surface area contributed by atoms with Crippen molar-refractivity contribution in [3.8, 4) is 0 Å². The van der Waals surface area contributed by atoms with Crippen LogP contribution in [0.15, 0.2) is 0 Å². The van der Waals surface area contributed by atoms with Crippen molar-refractivity contribution >= 4 is 5.91 Å². The van der Waals surface area contributed by atoms with Crippen LogP contribution in [-0.2, 0) is 9.53 Å². The second-order valence-corrected chi connectivity index (χ2v) is 3.97. The van der Waals surface area contributed by atoms with Gasteiger partial charge in [-0.25, -0.2) is 5.84 Å². The third kappa shape index (κ3) is 4.59. The van der Waals surface area contributed by atoms with Gasteiger partial charge in [0.15, 0.2) is 0 Å². The average Bonchev–Trinajstić information content (AvgIpc) is 2.29. The summed E-state index contributed by atoms with van der Waals surface area (Å²) in [7, 11) is 1.76. The van der Waals surface area contributed by atoms with E-state index in [1.165, 1.54) is 6.42 Å². The Hall–Kier alpha value is -0.650. The topological polar surface area (TPSA) is 67.6 Å². The van der Waals surface area contributed by atoms with E-state index in [0.717, 1.165) is 32.5 Å². The second-order valence-electron chi connectivity index (χ2n) is 3.97. The first-order valence-corrected chi connectivity index (χ1v) is 5.51. The molecule has 1 amide bonds. The van der Waals surface area contributed by atoms with E-state index in [4.69, 9.17) is 10.6 Å². The highest BCUT2D eigenvalue weighted by Gasteiger charge is 2.18. The van der Waals surface area contributed by atoms with E-state index < -0.39 is 0 Å². The molecule has 1 aliphatic heterocycles. The first-order chi connectivity index (χ1) is 7.26. The highest BCUT2D eigenvalue weighted by molar-refractivity contribution is 5.75. The van der Waals surface area contributed by atoms with Gasteiger partial charge in [0.25, 0.3) is 0 Å². The largest absolute Gasteiger partial charge is 0.380 e. The maximum Gasteiger partial charge on any atom is 0.233 e. The van der Waals surface area contributed by atoms with Crippen molar-refractivity contribution in [2.75, 3.05) is 26.7 Å². The lowest BCUT2D eigenvalue weighted by molar-refractivity contribution is -0.121. The summed E-state index contributed by atoms with van der Waals surface area (Å²) in [5.41, 5.74) is 2.14. The van der Waals surface area contributed by atoms with Crippen LogP contribution in [0, 0.1) is 0 Å². The zero-order chi connectivity index (χ0) is 11.1. The molecule has 0 radical (unpaired) electrons. The number of piperidine rings is 1. The van der Waals surface area contributed by atoms with Crippen LogP contribution in [0.25, 0.3) is 0 Å². The van der Waals surface area contributed by atoms with Crippen molar-refractivity contribution in [2.45, 2.75) is 31.8 Å². The molecule has 0 spiro atoms. The minimum Gasteiger partial charge on any atom is -0.380 e. The number of amides is 1. The minimum absolute atomic E-state index is 0.0877. The number of hydrogen-bond donors (Lipinski definition) is 2. The zero-order valence-corrected chi connectivity index (χ0v) is 9.37. The van der Waals surface area contributed by atoms with E-state index >= 15 is 0 Å². The molecule has 15 heavy (non-hydrogen) atoms. The summed E-state index contributed by atoms with van der Waals surface area (Å²) in [5.74, 6) is 4.91. The van der Waals surface area contributed by atoms with E-state index in [2.05, 4.69) is 10.3 Å². The monoisotopic (exact) mass is 215 g/mol. The van der Waals surface area contributed by atoms with Gasteiger partial charge in [-0.15, -0.1) is 0 Å². The molecule has 0 saturated carbocycles. The van der Waals surface area contributed by atoms with E-state index in [1.54, 1.807) is 7.11 Å². The number of nitrogens with two attached hydrogens (primary N) is 1. The van der Waals surface area contributed by atoms with Gasteiger partial charge in [-0.1, -0.05) is 0 Å². The van der Waals surface area contributed by atoms with Crippen molar-refractivity contribution in [1.29, 1.82) is 0 Å². The number of likely N-dealkylation sites (tertiary alicyclic amines) is 1. The Morgan fingerprint density at radius 1 is 1.67 bits per heavy atom. The number of ether oxygens (including phenoxy) is 1. The van der Waals surface area contributed by atoms with E-state index in [0.29, 0.717) is 12.5 Å². The number of carbonyl (C=O) groups is 1. The molecule has 0 aromatic heterocycles. The van der Waals surface area contributed by atoms with Gasteiger partial charge >= 0.3 is 0 Å². The fourth-order valence-electron chi connectivity index (χ4n) is 1.94. The molecule has 5 heteroatoms. The molecule has 1 rings (SSSR count). The van der Waals surface area contributed by atoms with Crippen molar-refractivity contribution in [3.63, 3.8) is 0 Å². The Kier molecular flexibility index (Phi) is 5.60. The van der Waals surface area contributed by atoms with Crippen molar-refractivity contribution in [1.82, 2.24) is 10.3 Å². The third-order valence-corrected chi connectivity index (χ3v) is 2.83. The van der Waals surface area contributed by atoms with Gasteiger partial charge in [-0.2, -0.15) is 0 Å². The molecule has 0 aromatic rings. The summed E-state index contributed by atoms with van der Waals surface area (Å²) in [5, 5.41) is 0. The van der Waals surface area contributed by atoms with Gasteiger partial charge in [-0.05, 0) is 32.4 Å². The summed E-state index contributed by atoms with van der Waals surface area (Å²) in [4.78, 5) is 13.2. The molecule has 3 N–H and O–H groups in total. The smallest absolute Gasteiger partial charge is 0.233 e. The van der Waals surface area contributed by atoms with Crippen molar-refractivity contribution in [2.24, 2.45) is 5.84 Å². The quantitative estimate of drug-likeness (QED) is 0.381. The molecule has 5 nitrogen and oxygen atoms in total. The highest BCUT2D eigenvalue weighted by Crippen LogP contribution is 2.12. The van der Waals surface area contributed by atoms with Crippen LogP contribution in [0.4, 0.5) is 0 Å². The fourth-order valence-corrected chi connectivity index (χ4v) is 1.94. The van der Waals surface area contributed by atoms with Gasteiger partial charge in [0, 0.05) is 20.1 Å². The number of methoxy groups -OCH3 is 1. The number of nitrogens with one attached hydrogen (secondary N) is 1. The van der Waals surface area contributed by atoms with Gasteiger partial charge < -0.3 is 9.64 Å². The third-order valence-electron chi connectivity index (χ3n) is 2.83. The first kappa shape index (κ1) is 12.4. The summed E-state index contributed by atoms with van der Waals surface area (Å²) in [6, 6.07) is 0. The Labute approximate surface area is 90.9 Å². The molecule has 0 bridgehead atoms. The van der Waals surface area contributed by atoms with Crippen LogP contribution < -0.4 is 11.3 Å². The first-order valence-electron chi connectivity index (χ1n) is 5.51. The molecule has 0 aliphatic carbocycles. The van der Waals surface area contributed by atoms with E-state index in [-0.39, 0.29) is 5.91 Å². The average molecular weight is 215 g/mol. The number of carbonyl (C=O) groups excluding carboxylic acids is 1.